The first-order chi connectivity index (χ1) is 10.3. The summed E-state index contributed by atoms with van der Waals surface area (Å²) in [5, 5.41) is 0. The van der Waals surface area contributed by atoms with Crippen LogP contribution in [0.2, 0.25) is 0 Å². The van der Waals surface area contributed by atoms with Gasteiger partial charge in [-0.05, 0) is 38.1 Å². The van der Waals surface area contributed by atoms with E-state index in [4.69, 9.17) is 0 Å². The van der Waals surface area contributed by atoms with E-state index >= 15 is 0 Å². The molecule has 0 aliphatic rings. The van der Waals surface area contributed by atoms with Crippen LogP contribution in [-0.2, 0) is 0 Å². The average molecular weight is 277 g/mol. The van der Waals surface area contributed by atoms with Crippen LogP contribution in [0.5, 0.6) is 0 Å². The average Bonchev–Trinajstić information content (AvgIpc) is 2.54. The maximum absolute atomic E-state index is 3.74. The second-order valence-corrected chi connectivity index (χ2v) is 4.29. The van der Waals surface area contributed by atoms with E-state index in [0.29, 0.717) is 0 Å². The monoisotopic (exact) mass is 277 g/mol. The summed E-state index contributed by atoms with van der Waals surface area (Å²) in [7, 11) is 0. The molecular weight excluding hydrogens is 254 g/mol. The van der Waals surface area contributed by atoms with Gasteiger partial charge >= 0.3 is 0 Å². The van der Waals surface area contributed by atoms with Crippen molar-refractivity contribution in [2.75, 3.05) is 4.90 Å². The van der Waals surface area contributed by atoms with Gasteiger partial charge in [-0.15, -0.1) is 0 Å². The molecule has 1 heteroatoms. The van der Waals surface area contributed by atoms with Gasteiger partial charge in [0.15, 0.2) is 0 Å². The molecule has 0 bridgehead atoms. The summed E-state index contributed by atoms with van der Waals surface area (Å²) in [6, 6.07) is 10.3. The van der Waals surface area contributed by atoms with Crippen LogP contribution in [0.15, 0.2) is 103 Å². The van der Waals surface area contributed by atoms with E-state index < -0.39 is 0 Å². The lowest BCUT2D eigenvalue weighted by Gasteiger charge is -2.27. The van der Waals surface area contributed by atoms with E-state index in [0.717, 1.165) is 17.1 Å². The number of nitrogens with zero attached hydrogens (tertiary/aromatic N) is 1. The van der Waals surface area contributed by atoms with Gasteiger partial charge in [0.25, 0.3) is 0 Å². The summed E-state index contributed by atoms with van der Waals surface area (Å²) in [6.07, 6.45) is 15.7. The van der Waals surface area contributed by atoms with Crippen LogP contribution in [0.25, 0.3) is 0 Å². The van der Waals surface area contributed by atoms with E-state index in [9.17, 15) is 0 Å². The second kappa shape index (κ2) is 9.38. The Bertz CT molecular complexity index is 537. The number of allylic oxidation sites excluding steroid dienone is 8. The Morgan fingerprint density at radius 3 is 1.71 bits per heavy atom. The zero-order valence-corrected chi connectivity index (χ0v) is 12.9. The first kappa shape index (κ1) is 16.5. The van der Waals surface area contributed by atoms with Gasteiger partial charge in [-0.3, -0.25) is 0 Å². The SMILES string of the molecule is C=C/C=C\C(=C/C)N(C(/C=C\C=C)=C/C)c1ccccc1. The van der Waals surface area contributed by atoms with Gasteiger partial charge in [0.2, 0.25) is 0 Å². The number of rotatable bonds is 7. The lowest BCUT2D eigenvalue weighted by Crippen LogP contribution is -2.19. The summed E-state index contributed by atoms with van der Waals surface area (Å²) >= 11 is 0. The molecule has 0 spiro atoms. The molecule has 1 aromatic rings. The smallest absolute Gasteiger partial charge is 0.0461 e. The summed E-state index contributed by atoms with van der Waals surface area (Å²) in [5.41, 5.74) is 3.28. The number of benzene rings is 1. The van der Waals surface area contributed by atoms with E-state index in [1.54, 1.807) is 12.2 Å². The predicted molar refractivity (Wildman–Crippen MR) is 95.1 cm³/mol. The molecule has 0 aromatic heterocycles. The molecule has 0 saturated carbocycles. The fourth-order valence-corrected chi connectivity index (χ4v) is 1.96. The molecule has 0 atom stereocenters. The number of hydrogen-bond donors (Lipinski definition) is 0. The van der Waals surface area contributed by atoms with Crippen LogP contribution in [0.3, 0.4) is 0 Å². The van der Waals surface area contributed by atoms with Crippen molar-refractivity contribution in [3.63, 3.8) is 0 Å². The maximum Gasteiger partial charge on any atom is 0.0461 e. The summed E-state index contributed by atoms with van der Waals surface area (Å²) in [6.45, 7) is 11.5. The van der Waals surface area contributed by atoms with Crippen molar-refractivity contribution in [1.82, 2.24) is 0 Å². The van der Waals surface area contributed by atoms with E-state index in [2.05, 4.69) is 42.3 Å². The highest BCUT2D eigenvalue weighted by Crippen LogP contribution is 2.25. The standard InChI is InChI=1S/C20H23N/c1-5-9-14-18(7-3)21(19(8-4)15-10-6-2)20-16-12-11-13-17-20/h5-17H,1-2H2,3-4H3/b14-9-,15-10-,18-7+,19-8+. The van der Waals surface area contributed by atoms with Crippen LogP contribution in [-0.4, -0.2) is 0 Å². The minimum absolute atomic E-state index is 1.09. The largest absolute Gasteiger partial charge is 0.311 e. The van der Waals surface area contributed by atoms with Gasteiger partial charge < -0.3 is 4.90 Å². The van der Waals surface area contributed by atoms with Crippen molar-refractivity contribution in [3.8, 4) is 0 Å². The molecule has 1 aromatic carbocycles. The van der Waals surface area contributed by atoms with E-state index in [1.165, 1.54) is 0 Å². The van der Waals surface area contributed by atoms with Gasteiger partial charge in [-0.25, -0.2) is 0 Å². The van der Waals surface area contributed by atoms with Gasteiger partial charge in [0.1, 0.15) is 0 Å². The highest BCUT2D eigenvalue weighted by molar-refractivity contribution is 5.62. The molecule has 0 radical (unpaired) electrons. The lowest BCUT2D eigenvalue weighted by atomic mass is 10.2. The zero-order chi connectivity index (χ0) is 15.5. The summed E-state index contributed by atoms with van der Waals surface area (Å²) in [4.78, 5) is 2.19. The maximum atomic E-state index is 3.74. The van der Waals surface area contributed by atoms with Gasteiger partial charge in [-0.2, -0.15) is 0 Å². The molecule has 0 aliphatic carbocycles. The third kappa shape index (κ3) is 4.81. The lowest BCUT2D eigenvalue weighted by molar-refractivity contribution is 1.13. The van der Waals surface area contributed by atoms with Crippen molar-refractivity contribution in [2.24, 2.45) is 0 Å². The number of hydrogen-bond acceptors (Lipinski definition) is 1. The van der Waals surface area contributed by atoms with E-state index in [-0.39, 0.29) is 0 Å². The van der Waals surface area contributed by atoms with Crippen molar-refractivity contribution in [1.29, 1.82) is 0 Å². The summed E-state index contributed by atoms with van der Waals surface area (Å²) < 4.78 is 0. The Balaban J connectivity index is 3.35. The molecule has 0 amide bonds. The van der Waals surface area contributed by atoms with Gasteiger partial charge in [0.05, 0.1) is 0 Å². The Labute approximate surface area is 128 Å². The van der Waals surface area contributed by atoms with Gasteiger partial charge in [-0.1, -0.05) is 67.8 Å². The number of anilines is 1. The molecule has 0 saturated heterocycles. The van der Waals surface area contributed by atoms with Crippen molar-refractivity contribution >= 4 is 5.69 Å². The van der Waals surface area contributed by atoms with Crippen LogP contribution >= 0.6 is 0 Å². The quantitative estimate of drug-likeness (QED) is 0.570. The Kier molecular flexibility index (Phi) is 7.37. The zero-order valence-electron chi connectivity index (χ0n) is 12.9. The molecule has 0 heterocycles. The molecule has 1 rings (SSSR count). The predicted octanol–water partition coefficient (Wildman–Crippen LogP) is 5.79. The molecule has 0 N–H and O–H groups in total. The van der Waals surface area contributed by atoms with Crippen LogP contribution in [0, 0.1) is 0 Å². The van der Waals surface area contributed by atoms with Crippen molar-refractivity contribution in [2.45, 2.75) is 13.8 Å². The Morgan fingerprint density at radius 1 is 0.857 bits per heavy atom. The summed E-state index contributed by atoms with van der Waals surface area (Å²) in [5.74, 6) is 0. The highest BCUT2D eigenvalue weighted by atomic mass is 15.1. The first-order valence-corrected chi connectivity index (χ1v) is 7.04. The Hall–Kier alpha value is -2.54. The Morgan fingerprint density at radius 2 is 1.33 bits per heavy atom. The minimum atomic E-state index is 1.09. The minimum Gasteiger partial charge on any atom is -0.311 e. The van der Waals surface area contributed by atoms with E-state index in [1.807, 2.05) is 56.4 Å². The van der Waals surface area contributed by atoms with Gasteiger partial charge in [0, 0.05) is 17.1 Å². The fourth-order valence-electron chi connectivity index (χ4n) is 1.96. The van der Waals surface area contributed by atoms with Crippen LogP contribution in [0.4, 0.5) is 5.69 Å². The number of para-hydroxylation sites is 1. The molecule has 1 nitrogen and oxygen atoms in total. The third-order valence-electron chi connectivity index (χ3n) is 2.93. The molecule has 0 aliphatic heterocycles. The second-order valence-electron chi connectivity index (χ2n) is 4.29. The van der Waals surface area contributed by atoms with Crippen LogP contribution < -0.4 is 4.90 Å². The first-order valence-electron chi connectivity index (χ1n) is 7.04. The van der Waals surface area contributed by atoms with Crippen molar-refractivity contribution < 1.29 is 0 Å². The molecular formula is C20H23N. The normalized spacial score (nSPS) is 12.9. The highest BCUT2D eigenvalue weighted by Gasteiger charge is 2.11. The molecule has 0 fully saturated rings. The third-order valence-corrected chi connectivity index (χ3v) is 2.93. The molecule has 21 heavy (non-hydrogen) atoms. The molecule has 0 unspecified atom stereocenters. The van der Waals surface area contributed by atoms with Crippen LogP contribution in [0.1, 0.15) is 13.8 Å². The van der Waals surface area contributed by atoms with Crippen molar-refractivity contribution in [3.05, 3.63) is 103 Å². The topological polar surface area (TPSA) is 3.24 Å². The molecule has 108 valence electrons. The fraction of sp³-hybridized carbons (Fsp3) is 0.100.